The number of hydrogen-bond acceptors (Lipinski definition) is 3. The molecule has 2 aromatic rings. The Morgan fingerprint density at radius 2 is 2.15 bits per heavy atom. The Kier molecular flexibility index (Phi) is 6.69. The fourth-order valence-corrected chi connectivity index (χ4v) is 4.38. The van der Waals surface area contributed by atoms with Crippen molar-refractivity contribution >= 4 is 41.5 Å². The predicted octanol–water partition coefficient (Wildman–Crippen LogP) is 3.82. The number of nitrogens with zero attached hydrogens (tertiary/aromatic N) is 2. The lowest BCUT2D eigenvalue weighted by Gasteiger charge is -2.22. The normalized spacial score (nSPS) is 18.7. The molecule has 1 aliphatic heterocycles. The highest BCUT2D eigenvalue weighted by molar-refractivity contribution is 6.35. The van der Waals surface area contributed by atoms with Crippen LogP contribution >= 0.6 is 35.6 Å². The molecule has 1 amide bonds. The SMILES string of the molecule is Cl.O=C(NCC1CCCNC1)c1nn(-c2ccc(Cl)cc2Cl)c2c1CCC2. The zero-order chi connectivity index (χ0) is 18.1. The molecule has 0 bridgehead atoms. The second-order valence-corrected chi connectivity index (χ2v) is 7.90. The smallest absolute Gasteiger partial charge is 0.272 e. The quantitative estimate of drug-likeness (QED) is 0.777. The number of carbonyl (C=O) groups excluding carboxylic acids is 1. The van der Waals surface area contributed by atoms with Crippen LogP contribution in [0.5, 0.6) is 0 Å². The molecule has 0 spiro atoms. The number of hydrogen-bond donors (Lipinski definition) is 2. The summed E-state index contributed by atoms with van der Waals surface area (Å²) in [4.78, 5) is 12.8. The fourth-order valence-electron chi connectivity index (χ4n) is 3.89. The summed E-state index contributed by atoms with van der Waals surface area (Å²) >= 11 is 12.4. The first kappa shape index (κ1) is 20.5. The van der Waals surface area contributed by atoms with E-state index in [1.54, 1.807) is 12.1 Å². The minimum absolute atomic E-state index is 0. The van der Waals surface area contributed by atoms with E-state index in [1.807, 2.05) is 10.7 Å². The van der Waals surface area contributed by atoms with Crippen LogP contribution in [0.2, 0.25) is 10.0 Å². The van der Waals surface area contributed by atoms with Crippen molar-refractivity contribution in [3.8, 4) is 5.69 Å². The zero-order valence-corrected chi connectivity index (χ0v) is 17.3. The van der Waals surface area contributed by atoms with Crippen LogP contribution in [-0.2, 0) is 12.8 Å². The standard InChI is InChI=1S/C19H22Cl2N4O.ClH/c20-13-6-7-17(15(21)9-13)25-16-5-1-4-14(16)18(24-25)19(26)23-11-12-3-2-8-22-10-12;/h6-7,9,12,22H,1-5,8,10-11H2,(H,23,26);1H. The Labute approximate surface area is 175 Å². The second kappa shape index (κ2) is 8.82. The summed E-state index contributed by atoms with van der Waals surface area (Å²) in [5, 5.41) is 12.2. The first-order valence-electron chi connectivity index (χ1n) is 9.18. The van der Waals surface area contributed by atoms with Gasteiger partial charge in [-0.25, -0.2) is 4.68 Å². The van der Waals surface area contributed by atoms with Crippen LogP contribution in [0.3, 0.4) is 0 Å². The van der Waals surface area contributed by atoms with Crippen molar-refractivity contribution in [2.45, 2.75) is 32.1 Å². The maximum atomic E-state index is 12.8. The monoisotopic (exact) mass is 428 g/mol. The van der Waals surface area contributed by atoms with Crippen LogP contribution < -0.4 is 10.6 Å². The molecule has 2 aliphatic rings. The van der Waals surface area contributed by atoms with Gasteiger partial charge in [0.2, 0.25) is 0 Å². The second-order valence-electron chi connectivity index (χ2n) is 7.06. The van der Waals surface area contributed by atoms with Gasteiger partial charge in [-0.05, 0) is 69.3 Å². The zero-order valence-electron chi connectivity index (χ0n) is 14.9. The minimum Gasteiger partial charge on any atom is -0.350 e. The Morgan fingerprint density at radius 3 is 2.89 bits per heavy atom. The van der Waals surface area contributed by atoms with Crippen LogP contribution in [0.25, 0.3) is 5.69 Å². The molecule has 4 rings (SSSR count). The van der Waals surface area contributed by atoms with E-state index < -0.39 is 0 Å². The first-order valence-corrected chi connectivity index (χ1v) is 9.94. The van der Waals surface area contributed by atoms with E-state index in [4.69, 9.17) is 23.2 Å². The molecule has 1 atom stereocenters. The van der Waals surface area contributed by atoms with Crippen LogP contribution in [0.1, 0.15) is 41.0 Å². The summed E-state index contributed by atoms with van der Waals surface area (Å²) in [6.45, 7) is 2.73. The van der Waals surface area contributed by atoms with Crippen LogP contribution in [0.4, 0.5) is 0 Å². The molecule has 1 unspecified atom stereocenters. The van der Waals surface area contributed by atoms with Gasteiger partial charge >= 0.3 is 0 Å². The highest BCUT2D eigenvalue weighted by atomic mass is 35.5. The number of benzene rings is 1. The number of aromatic nitrogens is 2. The van der Waals surface area contributed by atoms with Gasteiger partial charge in [0.05, 0.1) is 10.7 Å². The van der Waals surface area contributed by atoms with E-state index in [2.05, 4.69) is 15.7 Å². The van der Waals surface area contributed by atoms with Crippen molar-refractivity contribution in [3.63, 3.8) is 0 Å². The van der Waals surface area contributed by atoms with Gasteiger partial charge in [0.1, 0.15) is 0 Å². The molecule has 1 fully saturated rings. The summed E-state index contributed by atoms with van der Waals surface area (Å²) in [7, 11) is 0. The van der Waals surface area contributed by atoms with Crippen molar-refractivity contribution in [2.75, 3.05) is 19.6 Å². The average molecular weight is 430 g/mol. The van der Waals surface area contributed by atoms with Gasteiger partial charge in [-0.1, -0.05) is 23.2 Å². The third kappa shape index (κ3) is 4.27. The summed E-state index contributed by atoms with van der Waals surface area (Å²) in [5.41, 5.74) is 3.44. The number of piperidine rings is 1. The number of carbonyl (C=O) groups is 1. The average Bonchev–Trinajstić information content (AvgIpc) is 3.24. The van der Waals surface area contributed by atoms with Crippen LogP contribution in [0, 0.1) is 5.92 Å². The molecule has 0 radical (unpaired) electrons. The van der Waals surface area contributed by atoms with Crippen molar-refractivity contribution in [2.24, 2.45) is 5.92 Å². The third-order valence-electron chi connectivity index (χ3n) is 5.23. The Balaban J connectivity index is 0.00000210. The minimum atomic E-state index is -0.0856. The summed E-state index contributed by atoms with van der Waals surface area (Å²) in [5.74, 6) is 0.408. The lowest BCUT2D eigenvalue weighted by Crippen LogP contribution is -2.38. The Hall–Kier alpha value is -1.27. The molecule has 27 heavy (non-hydrogen) atoms. The molecular weight excluding hydrogens is 407 g/mol. The lowest BCUT2D eigenvalue weighted by molar-refractivity contribution is 0.0938. The number of nitrogens with one attached hydrogen (secondary N) is 2. The molecule has 5 nitrogen and oxygen atoms in total. The van der Waals surface area contributed by atoms with E-state index in [-0.39, 0.29) is 18.3 Å². The first-order chi connectivity index (χ1) is 12.6. The largest absolute Gasteiger partial charge is 0.350 e. The number of rotatable bonds is 4. The molecule has 146 valence electrons. The molecule has 1 aromatic heterocycles. The van der Waals surface area contributed by atoms with Gasteiger partial charge in [-0.3, -0.25) is 4.79 Å². The fraction of sp³-hybridized carbons (Fsp3) is 0.474. The lowest BCUT2D eigenvalue weighted by atomic mass is 10.00. The molecule has 8 heteroatoms. The van der Waals surface area contributed by atoms with Gasteiger partial charge in [0.15, 0.2) is 5.69 Å². The molecule has 1 saturated heterocycles. The van der Waals surface area contributed by atoms with E-state index in [0.29, 0.717) is 28.2 Å². The van der Waals surface area contributed by atoms with Gasteiger partial charge in [0.25, 0.3) is 5.91 Å². The third-order valence-corrected chi connectivity index (χ3v) is 5.77. The number of fused-ring (bicyclic) bond motifs is 1. The van der Waals surface area contributed by atoms with Crippen molar-refractivity contribution in [1.82, 2.24) is 20.4 Å². The van der Waals surface area contributed by atoms with E-state index in [9.17, 15) is 4.79 Å². The number of amides is 1. The number of halogens is 3. The Bertz CT molecular complexity index is 831. The molecular formula is C19H23Cl3N4O. The molecule has 2 N–H and O–H groups in total. The van der Waals surface area contributed by atoms with Gasteiger partial charge in [-0.2, -0.15) is 5.10 Å². The molecule has 1 aliphatic carbocycles. The van der Waals surface area contributed by atoms with Crippen LogP contribution in [0.15, 0.2) is 18.2 Å². The van der Waals surface area contributed by atoms with E-state index >= 15 is 0 Å². The maximum absolute atomic E-state index is 12.8. The summed E-state index contributed by atoms with van der Waals surface area (Å²) < 4.78 is 1.82. The topological polar surface area (TPSA) is 59.0 Å². The van der Waals surface area contributed by atoms with E-state index in [0.717, 1.165) is 55.7 Å². The molecule has 1 aromatic carbocycles. The Morgan fingerprint density at radius 1 is 1.30 bits per heavy atom. The van der Waals surface area contributed by atoms with Crippen molar-refractivity contribution in [3.05, 3.63) is 45.2 Å². The highest BCUT2D eigenvalue weighted by Gasteiger charge is 2.28. The van der Waals surface area contributed by atoms with Crippen LogP contribution in [-0.4, -0.2) is 35.3 Å². The van der Waals surface area contributed by atoms with Gasteiger partial charge < -0.3 is 10.6 Å². The van der Waals surface area contributed by atoms with Crippen molar-refractivity contribution < 1.29 is 4.79 Å². The van der Waals surface area contributed by atoms with Gasteiger partial charge in [0, 0.05) is 22.8 Å². The maximum Gasteiger partial charge on any atom is 0.272 e. The van der Waals surface area contributed by atoms with E-state index in [1.165, 1.54) is 6.42 Å². The molecule has 2 heterocycles. The van der Waals surface area contributed by atoms with Crippen molar-refractivity contribution in [1.29, 1.82) is 0 Å². The van der Waals surface area contributed by atoms with Gasteiger partial charge in [-0.15, -0.1) is 12.4 Å². The summed E-state index contributed by atoms with van der Waals surface area (Å²) in [6.07, 6.45) is 5.14. The molecule has 0 saturated carbocycles. The summed E-state index contributed by atoms with van der Waals surface area (Å²) in [6, 6.07) is 5.35. The predicted molar refractivity (Wildman–Crippen MR) is 111 cm³/mol. The highest BCUT2D eigenvalue weighted by Crippen LogP contribution is 2.31.